The van der Waals surface area contributed by atoms with E-state index in [1.54, 1.807) is 18.2 Å². The number of carbonyl (C=O) groups excluding carboxylic acids is 3. The summed E-state index contributed by atoms with van der Waals surface area (Å²) in [6, 6.07) is 13.2. The van der Waals surface area contributed by atoms with Crippen LogP contribution in [0.1, 0.15) is 39.2 Å². The molecule has 0 spiro atoms. The number of imide groups is 1. The molecule has 4 aliphatic heterocycles. The summed E-state index contributed by atoms with van der Waals surface area (Å²) in [5.41, 5.74) is 2.01. The number of piperidine rings is 1. The molecule has 4 saturated heterocycles. The first-order valence-electron chi connectivity index (χ1n) is 14.0. The summed E-state index contributed by atoms with van der Waals surface area (Å²) in [5.74, 6) is 0.519. The van der Waals surface area contributed by atoms with Gasteiger partial charge in [-0.15, -0.1) is 0 Å². The maximum atomic E-state index is 13.7. The minimum atomic E-state index is -0.529. The molecule has 214 valence electrons. The van der Waals surface area contributed by atoms with E-state index in [0.29, 0.717) is 31.1 Å². The maximum absolute atomic E-state index is 13.7. The van der Waals surface area contributed by atoms with Crippen LogP contribution in [-0.2, 0) is 16.1 Å². The smallest absolute Gasteiger partial charge is 0.410 e. The van der Waals surface area contributed by atoms with Crippen molar-refractivity contribution in [3.8, 4) is 5.75 Å². The van der Waals surface area contributed by atoms with Crippen LogP contribution in [0.3, 0.4) is 0 Å². The molecular weight excluding hydrogens is 522 g/mol. The molecule has 2 aromatic carbocycles. The number of urea groups is 1. The van der Waals surface area contributed by atoms with Crippen molar-refractivity contribution in [3.05, 3.63) is 60.4 Å². The summed E-state index contributed by atoms with van der Waals surface area (Å²) in [4.78, 5) is 50.9. The summed E-state index contributed by atoms with van der Waals surface area (Å²) in [7, 11) is 1.60. The first kappa shape index (κ1) is 26.9. The number of hydrogen-bond acceptors (Lipinski definition) is 7. The van der Waals surface area contributed by atoms with Gasteiger partial charge in [0.2, 0.25) is 5.91 Å². The van der Waals surface area contributed by atoms with Gasteiger partial charge in [0.15, 0.2) is 0 Å². The maximum Gasteiger partial charge on any atom is 0.410 e. The number of piperazine rings is 1. The van der Waals surface area contributed by atoms with E-state index in [-0.39, 0.29) is 43.1 Å². The Balaban J connectivity index is 1.24. The topological polar surface area (TPSA) is 95.5 Å². The molecule has 4 fully saturated rings. The minimum absolute atomic E-state index is 0.0937. The number of aromatic nitrogens is 1. The highest BCUT2D eigenvalue weighted by atomic mass is 16.6. The molecule has 2 unspecified atom stereocenters. The van der Waals surface area contributed by atoms with Gasteiger partial charge in [0.25, 0.3) is 0 Å². The number of nitrogens with zero attached hydrogens (tertiary/aromatic N) is 5. The molecule has 10 heteroatoms. The molecule has 4 amide bonds. The minimum Gasteiger partial charge on any atom is -0.497 e. The normalized spacial score (nSPS) is 20.8. The third kappa shape index (κ3) is 5.03. The van der Waals surface area contributed by atoms with Crippen molar-refractivity contribution >= 4 is 40.2 Å². The number of amides is 4. The van der Waals surface area contributed by atoms with Crippen LogP contribution in [0.5, 0.6) is 5.75 Å². The monoisotopic (exact) mass is 557 g/mol. The Bertz CT molecular complexity index is 1490. The molecule has 7 rings (SSSR count). The second kappa shape index (κ2) is 10.2. The number of pyridine rings is 1. The molecular formula is C31H35N5O5. The highest BCUT2D eigenvalue weighted by molar-refractivity contribution is 6.11. The summed E-state index contributed by atoms with van der Waals surface area (Å²) >= 11 is 0. The van der Waals surface area contributed by atoms with Crippen molar-refractivity contribution in [1.29, 1.82) is 0 Å². The van der Waals surface area contributed by atoms with E-state index in [1.165, 1.54) is 4.90 Å². The molecule has 41 heavy (non-hydrogen) atoms. The molecule has 0 N–H and O–H groups in total. The van der Waals surface area contributed by atoms with E-state index in [1.807, 2.05) is 68.3 Å². The fraction of sp³-hybridized carbons (Fsp3) is 0.419. The molecule has 0 radical (unpaired) electrons. The molecule has 2 atom stereocenters. The first-order valence-corrected chi connectivity index (χ1v) is 14.0. The Morgan fingerprint density at radius 1 is 0.976 bits per heavy atom. The number of hydrogen-bond donors (Lipinski definition) is 0. The van der Waals surface area contributed by atoms with Gasteiger partial charge in [0.05, 0.1) is 37.6 Å². The highest BCUT2D eigenvalue weighted by Crippen LogP contribution is 2.40. The van der Waals surface area contributed by atoms with Gasteiger partial charge in [-0.3, -0.25) is 24.5 Å². The van der Waals surface area contributed by atoms with Gasteiger partial charge in [-0.05, 0) is 51.0 Å². The number of ether oxygens (including phenoxy) is 2. The molecule has 2 bridgehead atoms. The number of methoxy groups -OCH3 is 1. The molecule has 5 heterocycles. The molecule has 3 aromatic rings. The Kier molecular flexibility index (Phi) is 6.71. The van der Waals surface area contributed by atoms with Crippen molar-refractivity contribution < 1.29 is 23.9 Å². The zero-order chi connectivity index (χ0) is 28.9. The van der Waals surface area contributed by atoms with Crippen molar-refractivity contribution in [3.63, 3.8) is 0 Å². The van der Waals surface area contributed by atoms with Crippen LogP contribution in [0.15, 0.2) is 54.9 Å². The third-order valence-electron chi connectivity index (χ3n) is 8.00. The molecule has 1 aromatic heterocycles. The Morgan fingerprint density at radius 2 is 1.71 bits per heavy atom. The van der Waals surface area contributed by atoms with Crippen LogP contribution in [0.2, 0.25) is 0 Å². The average molecular weight is 558 g/mol. The number of rotatable bonds is 5. The van der Waals surface area contributed by atoms with Crippen LogP contribution in [0.25, 0.3) is 10.8 Å². The quantitative estimate of drug-likeness (QED) is 0.445. The predicted molar refractivity (Wildman–Crippen MR) is 155 cm³/mol. The van der Waals surface area contributed by atoms with Crippen LogP contribution in [0.4, 0.5) is 21.0 Å². The van der Waals surface area contributed by atoms with Gasteiger partial charge in [-0.1, -0.05) is 24.3 Å². The number of carbonyl (C=O) groups is 3. The zero-order valence-corrected chi connectivity index (χ0v) is 23.9. The first-order chi connectivity index (χ1) is 19.6. The highest BCUT2D eigenvalue weighted by Gasteiger charge is 2.49. The lowest BCUT2D eigenvalue weighted by molar-refractivity contribution is -0.129. The van der Waals surface area contributed by atoms with Crippen LogP contribution >= 0.6 is 0 Å². The average Bonchev–Trinajstić information content (AvgIpc) is 2.94. The second-order valence-corrected chi connectivity index (χ2v) is 11.9. The predicted octanol–water partition coefficient (Wildman–Crippen LogP) is 4.80. The second-order valence-electron chi connectivity index (χ2n) is 11.9. The van der Waals surface area contributed by atoms with Crippen molar-refractivity contribution in [1.82, 2.24) is 14.8 Å². The van der Waals surface area contributed by atoms with E-state index in [4.69, 9.17) is 9.47 Å². The lowest BCUT2D eigenvalue weighted by Gasteiger charge is -2.56. The Morgan fingerprint density at radius 3 is 2.39 bits per heavy atom. The largest absolute Gasteiger partial charge is 0.497 e. The molecule has 0 saturated carbocycles. The standard InChI is InChI=1S/C31H35N5O5/c1-31(2,3)41-30(39)36-21-14-22(36)19-33(18-21)26-7-5-6-24-25(26)15-32-16-27(24)34-13-12-28(37)35(29(34)38)17-20-8-10-23(40-4)11-9-20/h5-11,15-16,21-22H,12-14,17-19H2,1-4H3. The molecule has 0 aliphatic carbocycles. The fourth-order valence-electron chi connectivity index (χ4n) is 6.06. The van der Waals surface area contributed by atoms with E-state index in [9.17, 15) is 14.4 Å². The van der Waals surface area contributed by atoms with Gasteiger partial charge in [-0.25, -0.2) is 9.59 Å². The fourth-order valence-corrected chi connectivity index (χ4v) is 6.06. The number of fused-ring (bicyclic) bond motifs is 3. The summed E-state index contributed by atoms with van der Waals surface area (Å²) in [5, 5.41) is 1.83. The van der Waals surface area contributed by atoms with Crippen molar-refractivity contribution in [2.75, 3.05) is 36.5 Å². The zero-order valence-electron chi connectivity index (χ0n) is 23.9. The van der Waals surface area contributed by atoms with Crippen molar-refractivity contribution in [2.24, 2.45) is 0 Å². The lowest BCUT2D eigenvalue weighted by Crippen LogP contribution is -2.70. The Labute approximate surface area is 239 Å². The lowest BCUT2D eigenvalue weighted by atomic mass is 9.87. The van der Waals surface area contributed by atoms with Gasteiger partial charge in [-0.2, -0.15) is 0 Å². The summed E-state index contributed by atoms with van der Waals surface area (Å²) in [6.45, 7) is 7.53. The van der Waals surface area contributed by atoms with Crippen LogP contribution in [0, 0.1) is 0 Å². The van der Waals surface area contributed by atoms with E-state index >= 15 is 0 Å². The van der Waals surface area contributed by atoms with Gasteiger partial charge in [0, 0.05) is 48.7 Å². The van der Waals surface area contributed by atoms with E-state index in [2.05, 4.69) is 16.0 Å². The van der Waals surface area contributed by atoms with Gasteiger partial charge < -0.3 is 14.4 Å². The molecule has 10 nitrogen and oxygen atoms in total. The van der Waals surface area contributed by atoms with Crippen LogP contribution < -0.4 is 14.5 Å². The van der Waals surface area contributed by atoms with Crippen molar-refractivity contribution in [2.45, 2.75) is 57.8 Å². The molecule has 4 aliphatic rings. The number of benzene rings is 2. The van der Waals surface area contributed by atoms with Gasteiger partial charge >= 0.3 is 12.1 Å². The SMILES string of the molecule is COc1ccc(CN2C(=O)CCN(c3cncc4c(N5CC6CC(C5)N6C(=O)OC(C)(C)C)cccc34)C2=O)cc1. The Hall–Kier alpha value is -4.34. The summed E-state index contributed by atoms with van der Waals surface area (Å²) < 4.78 is 10.9. The summed E-state index contributed by atoms with van der Waals surface area (Å²) in [6.07, 6.45) is 4.47. The van der Waals surface area contributed by atoms with Crippen LogP contribution in [-0.4, -0.2) is 77.2 Å². The third-order valence-corrected chi connectivity index (χ3v) is 8.00. The van der Waals surface area contributed by atoms with Gasteiger partial charge in [0.1, 0.15) is 11.4 Å². The van der Waals surface area contributed by atoms with E-state index < -0.39 is 5.60 Å². The van der Waals surface area contributed by atoms with E-state index in [0.717, 1.165) is 28.4 Å². The number of anilines is 2.